The van der Waals surface area contributed by atoms with Gasteiger partial charge in [0.25, 0.3) is 11.4 Å². The Morgan fingerprint density at radius 2 is 1.22 bits per heavy atom. The Balaban J connectivity index is 0.000000230. The summed E-state index contributed by atoms with van der Waals surface area (Å²) >= 11 is 5.82. The topological polar surface area (TPSA) is 191 Å². The lowest BCUT2D eigenvalue weighted by Gasteiger charge is -2.20. The van der Waals surface area contributed by atoms with E-state index in [0.717, 1.165) is 22.7 Å². The number of rotatable bonds is 9. The molecule has 0 atom stereocenters. The van der Waals surface area contributed by atoms with Crippen LogP contribution in [0.25, 0.3) is 0 Å². The molecule has 3 N–H and O–H groups in total. The molecule has 0 saturated heterocycles. The molecule has 16 heteroatoms. The van der Waals surface area contributed by atoms with Crippen LogP contribution in [0.15, 0.2) is 114 Å². The van der Waals surface area contributed by atoms with Gasteiger partial charge in [0.2, 0.25) is 10.0 Å². The number of nitrogens with one attached hydrogen (secondary N) is 1. The summed E-state index contributed by atoms with van der Waals surface area (Å²) < 4.78 is 23.0. The molecule has 2 heterocycles. The summed E-state index contributed by atoms with van der Waals surface area (Å²) in [7, 11) is -0.126. The number of anilines is 6. The fourth-order valence-electron chi connectivity index (χ4n) is 4.09. The number of hydrogen-bond acceptors (Lipinski definition) is 11. The molecule has 0 aliphatic heterocycles. The number of halogens is 1. The van der Waals surface area contributed by atoms with Crippen LogP contribution < -0.4 is 20.3 Å². The van der Waals surface area contributed by atoms with E-state index in [4.69, 9.17) is 16.7 Å². The van der Waals surface area contributed by atoms with E-state index in [1.807, 2.05) is 30.0 Å². The zero-order valence-electron chi connectivity index (χ0n) is 24.4. The van der Waals surface area contributed by atoms with E-state index in [9.17, 15) is 28.6 Å². The maximum atomic E-state index is 11.5. The molecule has 236 valence electrons. The molecule has 0 amide bonds. The second-order valence-corrected chi connectivity index (χ2v) is 11.5. The van der Waals surface area contributed by atoms with Gasteiger partial charge in [-0.1, -0.05) is 17.7 Å². The van der Waals surface area contributed by atoms with Crippen molar-refractivity contribution in [1.82, 2.24) is 9.97 Å². The zero-order valence-corrected chi connectivity index (χ0v) is 26.0. The Morgan fingerprint density at radius 1 is 0.717 bits per heavy atom. The first-order chi connectivity index (χ1) is 21.8. The fourth-order valence-corrected chi connectivity index (χ4v) is 4.82. The standard InChI is InChI=1S/C18H17N5O4S.C12H10ClN3O2/c1-22(14-5-7-15(8-6-14)23(24)25)16-9-10-20-18(12-16)21-13-3-2-4-17(11-13)28(19,26)27;1-15(11-6-7-14-12(13)8-11)9-2-4-10(5-3-9)16(17)18/h2-12H,1H3,(H,20,21)(H2,19,26,27);2-8H,1H3. The van der Waals surface area contributed by atoms with Gasteiger partial charge in [-0.25, -0.2) is 23.5 Å². The second kappa shape index (κ2) is 14.4. The van der Waals surface area contributed by atoms with Crippen molar-refractivity contribution in [3.63, 3.8) is 0 Å². The highest BCUT2D eigenvalue weighted by atomic mass is 35.5. The molecule has 0 saturated carbocycles. The van der Waals surface area contributed by atoms with Crippen molar-refractivity contribution in [1.29, 1.82) is 0 Å². The number of primary sulfonamides is 1. The zero-order chi connectivity index (χ0) is 33.4. The number of non-ortho nitro benzene ring substituents is 2. The molecule has 0 unspecified atom stereocenters. The highest BCUT2D eigenvalue weighted by Crippen LogP contribution is 2.29. The molecule has 0 aliphatic carbocycles. The SMILES string of the molecule is CN(c1ccc([N+](=O)[O-])cc1)c1ccnc(Cl)c1.CN(c1ccc([N+](=O)[O-])cc1)c1ccnc(Nc2cccc(S(N)(=O)=O)c2)c1. The van der Waals surface area contributed by atoms with Crippen molar-refractivity contribution >= 4 is 67.3 Å². The van der Waals surface area contributed by atoms with Crippen LogP contribution in [-0.4, -0.2) is 42.3 Å². The summed E-state index contributed by atoms with van der Waals surface area (Å²) in [6.07, 6.45) is 3.21. The van der Waals surface area contributed by atoms with E-state index in [-0.39, 0.29) is 16.3 Å². The van der Waals surface area contributed by atoms with Crippen LogP contribution in [-0.2, 0) is 10.0 Å². The monoisotopic (exact) mass is 662 g/mol. The minimum atomic E-state index is -3.80. The summed E-state index contributed by atoms with van der Waals surface area (Å²) in [5, 5.41) is 29.9. The number of aromatic nitrogens is 2. The van der Waals surface area contributed by atoms with Crippen LogP contribution in [0.3, 0.4) is 0 Å². The summed E-state index contributed by atoms with van der Waals surface area (Å²) in [6.45, 7) is 0. The number of nitro groups is 2. The van der Waals surface area contributed by atoms with Gasteiger partial charge in [-0.3, -0.25) is 20.2 Å². The Hall–Kier alpha value is -5.64. The number of nitrogens with zero attached hydrogens (tertiary/aromatic N) is 6. The van der Waals surface area contributed by atoms with Gasteiger partial charge in [0.1, 0.15) is 11.0 Å². The number of benzene rings is 3. The lowest BCUT2D eigenvalue weighted by Crippen LogP contribution is -2.12. The van der Waals surface area contributed by atoms with E-state index in [2.05, 4.69) is 15.3 Å². The smallest absolute Gasteiger partial charge is 0.269 e. The Kier molecular flexibility index (Phi) is 10.4. The normalized spacial score (nSPS) is 10.7. The molecule has 0 bridgehead atoms. The predicted octanol–water partition coefficient (Wildman–Crippen LogP) is 6.56. The first-order valence-electron chi connectivity index (χ1n) is 13.3. The van der Waals surface area contributed by atoms with Crippen molar-refractivity contribution in [3.05, 3.63) is 135 Å². The minimum absolute atomic E-state index is 0.00310. The van der Waals surface area contributed by atoms with Gasteiger partial charge in [-0.2, -0.15) is 0 Å². The predicted molar refractivity (Wildman–Crippen MR) is 177 cm³/mol. The van der Waals surface area contributed by atoms with Gasteiger partial charge in [0, 0.05) is 85.3 Å². The third-order valence-corrected chi connectivity index (χ3v) is 7.68. The number of hydrogen-bond donors (Lipinski definition) is 2. The van der Waals surface area contributed by atoms with Gasteiger partial charge < -0.3 is 15.1 Å². The van der Waals surface area contributed by atoms with Crippen molar-refractivity contribution in [2.75, 3.05) is 29.2 Å². The van der Waals surface area contributed by atoms with Crippen LogP contribution in [0, 0.1) is 20.2 Å². The van der Waals surface area contributed by atoms with Crippen LogP contribution in [0.1, 0.15) is 0 Å². The van der Waals surface area contributed by atoms with Gasteiger partial charge in [-0.05, 0) is 60.7 Å². The number of nitrogens with two attached hydrogens (primary N) is 1. The van der Waals surface area contributed by atoms with E-state index in [1.165, 1.54) is 36.4 Å². The summed E-state index contributed by atoms with van der Waals surface area (Å²) in [5.74, 6) is 0.498. The molecule has 5 rings (SSSR count). The highest BCUT2D eigenvalue weighted by molar-refractivity contribution is 7.89. The summed E-state index contributed by atoms with van der Waals surface area (Å²) in [4.78, 5) is 32.3. The molecule has 0 spiro atoms. The molecule has 0 fully saturated rings. The Bertz CT molecular complexity index is 1960. The lowest BCUT2D eigenvalue weighted by molar-refractivity contribution is -0.385. The molecule has 46 heavy (non-hydrogen) atoms. The number of sulfonamides is 1. The van der Waals surface area contributed by atoms with Crippen molar-refractivity contribution in [2.45, 2.75) is 4.90 Å². The van der Waals surface area contributed by atoms with Crippen molar-refractivity contribution in [2.24, 2.45) is 5.14 Å². The second-order valence-electron chi connectivity index (χ2n) is 9.60. The third-order valence-electron chi connectivity index (χ3n) is 6.56. The van der Waals surface area contributed by atoms with Crippen LogP contribution in [0.5, 0.6) is 0 Å². The molecule has 0 radical (unpaired) electrons. The molecule has 5 aromatic rings. The average molecular weight is 663 g/mol. The van der Waals surface area contributed by atoms with Crippen LogP contribution in [0.2, 0.25) is 5.15 Å². The van der Waals surface area contributed by atoms with E-state index < -0.39 is 19.9 Å². The van der Waals surface area contributed by atoms with Crippen LogP contribution >= 0.6 is 11.6 Å². The van der Waals surface area contributed by atoms with Crippen molar-refractivity contribution < 1.29 is 18.3 Å². The highest BCUT2D eigenvalue weighted by Gasteiger charge is 2.12. The first kappa shape index (κ1) is 33.3. The van der Waals surface area contributed by atoms with Gasteiger partial charge in [-0.15, -0.1) is 0 Å². The molecule has 3 aromatic carbocycles. The fraction of sp³-hybridized carbons (Fsp3) is 0.0667. The summed E-state index contributed by atoms with van der Waals surface area (Å²) in [5.41, 5.74) is 3.86. The maximum Gasteiger partial charge on any atom is 0.269 e. The van der Waals surface area contributed by atoms with E-state index >= 15 is 0 Å². The number of nitro benzene ring substituents is 2. The minimum Gasteiger partial charge on any atom is -0.344 e. The Morgan fingerprint density at radius 3 is 1.70 bits per heavy atom. The van der Waals surface area contributed by atoms with Gasteiger partial charge >= 0.3 is 0 Å². The lowest BCUT2D eigenvalue weighted by atomic mass is 10.2. The molecular weight excluding hydrogens is 636 g/mol. The Labute approximate surface area is 269 Å². The quantitative estimate of drug-likeness (QED) is 0.0986. The molecular formula is C30H27ClN8O6S. The average Bonchev–Trinajstić information content (AvgIpc) is 3.04. The molecule has 2 aromatic heterocycles. The third kappa shape index (κ3) is 8.72. The molecule has 14 nitrogen and oxygen atoms in total. The van der Waals surface area contributed by atoms with Gasteiger partial charge in [0.15, 0.2) is 0 Å². The van der Waals surface area contributed by atoms with Gasteiger partial charge in [0.05, 0.1) is 14.7 Å². The van der Waals surface area contributed by atoms with Crippen molar-refractivity contribution in [3.8, 4) is 0 Å². The van der Waals surface area contributed by atoms with E-state index in [1.54, 1.807) is 67.0 Å². The van der Waals surface area contributed by atoms with Crippen LogP contribution in [0.4, 0.5) is 45.6 Å². The maximum absolute atomic E-state index is 11.5. The summed E-state index contributed by atoms with van der Waals surface area (Å²) in [6, 6.07) is 25.7. The molecule has 0 aliphatic rings. The van der Waals surface area contributed by atoms with E-state index in [0.29, 0.717) is 16.7 Å². The largest absolute Gasteiger partial charge is 0.344 e. The first-order valence-corrected chi connectivity index (χ1v) is 15.2. The number of pyridine rings is 2.